The molecule has 1 aromatic carbocycles. The number of alkyl carbamates (subject to hydrolysis) is 1. The van der Waals surface area contributed by atoms with Gasteiger partial charge in [-0.1, -0.05) is 39.0 Å². The lowest BCUT2D eigenvalue weighted by atomic mass is 10.2. The quantitative estimate of drug-likeness (QED) is 0.581. The first-order valence-electron chi connectivity index (χ1n) is 9.56. The average molecular weight is 382 g/mol. The molecule has 0 saturated heterocycles. The van der Waals surface area contributed by atoms with Crippen LogP contribution < -0.4 is 10.1 Å². The van der Waals surface area contributed by atoms with Crippen LogP contribution in [0, 0.1) is 0 Å². The van der Waals surface area contributed by atoms with E-state index in [1.165, 1.54) is 0 Å². The number of benzene rings is 1. The van der Waals surface area contributed by atoms with Gasteiger partial charge < -0.3 is 19.2 Å². The summed E-state index contributed by atoms with van der Waals surface area (Å²) >= 11 is 0. The van der Waals surface area contributed by atoms with Crippen LogP contribution >= 0.6 is 0 Å². The Morgan fingerprint density at radius 3 is 2.15 bits per heavy atom. The maximum absolute atomic E-state index is 12.0. The van der Waals surface area contributed by atoms with Crippen LogP contribution in [0.4, 0.5) is 4.79 Å². The third-order valence-electron chi connectivity index (χ3n) is 4.40. The number of rotatable bonds is 10. The van der Waals surface area contributed by atoms with E-state index in [0.717, 1.165) is 23.9 Å². The van der Waals surface area contributed by atoms with Gasteiger partial charge in [0.25, 0.3) is 0 Å². The first kappa shape index (κ1) is 22.5. The number of hydrogen-bond donors (Lipinski definition) is 1. The molecule has 0 radical (unpaired) electrons. The summed E-state index contributed by atoms with van der Waals surface area (Å²) in [6, 6.07) is 12.8. The molecule has 0 aliphatic heterocycles. The molecule has 0 saturated carbocycles. The molecule has 148 valence electrons. The first-order chi connectivity index (χ1) is 12.2. The lowest BCUT2D eigenvalue weighted by Crippen LogP contribution is -2.47. The highest BCUT2D eigenvalue weighted by molar-refractivity contribution is 6.73. The number of hydrogen-bond acceptors (Lipinski definition) is 4. The molecule has 0 bridgehead atoms. The van der Waals surface area contributed by atoms with E-state index in [0.29, 0.717) is 13.2 Å². The molecule has 0 heterocycles. The van der Waals surface area contributed by atoms with Crippen LogP contribution in [0.2, 0.25) is 18.1 Å². The van der Waals surface area contributed by atoms with Crippen molar-refractivity contribution in [3.63, 3.8) is 0 Å². The van der Waals surface area contributed by atoms with Gasteiger partial charge in [-0.2, -0.15) is 0 Å². The van der Waals surface area contributed by atoms with Gasteiger partial charge in [0, 0.05) is 6.54 Å². The van der Waals surface area contributed by atoms with Gasteiger partial charge in [0.15, 0.2) is 8.32 Å². The van der Waals surface area contributed by atoms with E-state index < -0.39 is 20.0 Å². The van der Waals surface area contributed by atoms with Gasteiger partial charge in [-0.15, -0.1) is 0 Å². The van der Waals surface area contributed by atoms with Crippen molar-refractivity contribution >= 4 is 14.4 Å². The maximum atomic E-state index is 12.0. The Kier molecular flexibility index (Phi) is 9.16. The summed E-state index contributed by atoms with van der Waals surface area (Å²) < 4.78 is 17.7. The zero-order valence-electron chi connectivity index (χ0n) is 17.1. The molecule has 1 N–H and O–H groups in total. The molecular weight excluding hydrogens is 346 g/mol. The number of para-hydroxylation sites is 1. The van der Waals surface area contributed by atoms with E-state index in [1.807, 2.05) is 51.1 Å². The molecule has 26 heavy (non-hydrogen) atoms. The molecule has 0 fully saturated rings. The van der Waals surface area contributed by atoms with Crippen LogP contribution in [-0.2, 0) is 9.16 Å². The Balaban J connectivity index is 2.72. The van der Waals surface area contributed by atoms with Crippen LogP contribution in [0.1, 0.15) is 41.5 Å². The fourth-order valence-corrected chi connectivity index (χ4v) is 5.56. The molecular formula is C20H35NO4Si. The van der Waals surface area contributed by atoms with Gasteiger partial charge in [0.1, 0.15) is 18.0 Å². The second-order valence-electron chi connectivity index (χ2n) is 7.49. The second kappa shape index (κ2) is 10.6. The molecule has 1 rings (SSSR count). The molecule has 0 spiro atoms. The first-order valence-corrected chi connectivity index (χ1v) is 12.1. The number of carbonyl (C=O) groups is 1. The van der Waals surface area contributed by atoms with E-state index in [4.69, 9.17) is 13.9 Å². The van der Waals surface area contributed by atoms with Crippen molar-refractivity contribution in [2.24, 2.45) is 0 Å². The van der Waals surface area contributed by atoms with E-state index in [1.54, 1.807) is 0 Å². The van der Waals surface area contributed by atoms with Crippen LogP contribution in [0.15, 0.2) is 30.3 Å². The average Bonchev–Trinajstić information content (AvgIpc) is 2.61. The number of carbonyl (C=O) groups excluding carboxylic acids is 1. The minimum Gasteiger partial charge on any atom is -0.491 e. The zero-order chi connectivity index (χ0) is 19.6. The standard InChI is InChI=1S/C20H35NO4Si/c1-7-26(8-2,9-3)25-18(15-21-19(22)24-20(4,5)6)16-23-17-13-11-10-12-14-17/h10-14,18H,7-9,15-16H2,1-6H3,(H,21,22)/t18-/m0/s1. The summed E-state index contributed by atoms with van der Waals surface area (Å²) in [4.78, 5) is 12.0. The topological polar surface area (TPSA) is 56.8 Å². The number of ether oxygens (including phenoxy) is 2. The molecule has 1 amide bonds. The van der Waals surface area contributed by atoms with Gasteiger partial charge in [-0.05, 0) is 51.0 Å². The third kappa shape index (κ3) is 8.23. The van der Waals surface area contributed by atoms with Crippen molar-refractivity contribution in [2.75, 3.05) is 13.2 Å². The highest BCUT2D eigenvalue weighted by Crippen LogP contribution is 2.24. The minimum atomic E-state index is -1.81. The van der Waals surface area contributed by atoms with Gasteiger partial charge in [-0.25, -0.2) is 4.79 Å². The van der Waals surface area contributed by atoms with Gasteiger partial charge in [0.05, 0.1) is 6.10 Å². The van der Waals surface area contributed by atoms with Crippen molar-refractivity contribution in [1.29, 1.82) is 0 Å². The summed E-state index contributed by atoms with van der Waals surface area (Å²) in [7, 11) is -1.81. The van der Waals surface area contributed by atoms with Crippen molar-refractivity contribution in [1.82, 2.24) is 5.32 Å². The fraction of sp³-hybridized carbons (Fsp3) is 0.650. The molecule has 1 aromatic rings. The molecule has 5 nitrogen and oxygen atoms in total. The fourth-order valence-electron chi connectivity index (χ4n) is 2.71. The SMILES string of the molecule is CC[Si](CC)(CC)O[C@@H](CNC(=O)OC(C)(C)C)COc1ccccc1. The van der Waals surface area contributed by atoms with E-state index in [2.05, 4.69) is 26.1 Å². The summed E-state index contributed by atoms with van der Waals surface area (Å²) in [5.41, 5.74) is -0.518. The molecule has 0 aliphatic carbocycles. The summed E-state index contributed by atoms with van der Waals surface area (Å²) in [5, 5.41) is 2.83. The van der Waals surface area contributed by atoms with E-state index in [-0.39, 0.29) is 6.10 Å². The van der Waals surface area contributed by atoms with Crippen LogP contribution in [-0.4, -0.2) is 39.3 Å². The molecule has 6 heteroatoms. The monoisotopic (exact) mass is 381 g/mol. The maximum Gasteiger partial charge on any atom is 0.407 e. The van der Waals surface area contributed by atoms with Gasteiger partial charge in [0.2, 0.25) is 0 Å². The normalized spacial score (nSPS) is 13.2. The predicted octanol–water partition coefficient (Wildman–Crippen LogP) is 4.98. The van der Waals surface area contributed by atoms with Crippen molar-refractivity contribution in [3.8, 4) is 5.75 Å². The summed E-state index contributed by atoms with van der Waals surface area (Å²) in [5.74, 6) is 0.801. The second-order valence-corrected chi connectivity index (χ2v) is 12.2. The Bertz CT molecular complexity index is 518. The van der Waals surface area contributed by atoms with Crippen molar-refractivity contribution < 1.29 is 18.7 Å². The largest absolute Gasteiger partial charge is 0.491 e. The summed E-state index contributed by atoms with van der Waals surface area (Å²) in [6.07, 6.45) is -0.628. The van der Waals surface area contributed by atoms with Gasteiger partial charge in [-0.3, -0.25) is 0 Å². The lowest BCUT2D eigenvalue weighted by Gasteiger charge is -2.33. The Morgan fingerprint density at radius 2 is 1.65 bits per heavy atom. The minimum absolute atomic E-state index is 0.200. The third-order valence-corrected chi connectivity index (χ3v) is 9.10. The van der Waals surface area contributed by atoms with E-state index >= 15 is 0 Å². The van der Waals surface area contributed by atoms with Crippen molar-refractivity contribution in [3.05, 3.63) is 30.3 Å². The van der Waals surface area contributed by atoms with Crippen LogP contribution in [0.25, 0.3) is 0 Å². The molecule has 1 atom stereocenters. The Morgan fingerprint density at radius 1 is 1.08 bits per heavy atom. The Labute approximate surface area is 159 Å². The zero-order valence-corrected chi connectivity index (χ0v) is 18.1. The van der Waals surface area contributed by atoms with Crippen LogP contribution in [0.5, 0.6) is 5.75 Å². The summed E-state index contributed by atoms with van der Waals surface area (Å²) in [6.45, 7) is 12.9. The Hall–Kier alpha value is -1.53. The lowest BCUT2D eigenvalue weighted by molar-refractivity contribution is 0.0474. The molecule has 0 unspecified atom stereocenters. The number of amides is 1. The molecule has 0 aliphatic rings. The van der Waals surface area contributed by atoms with Gasteiger partial charge >= 0.3 is 6.09 Å². The molecule has 0 aromatic heterocycles. The number of nitrogens with one attached hydrogen (secondary N) is 1. The highest BCUT2D eigenvalue weighted by atomic mass is 28.4. The van der Waals surface area contributed by atoms with E-state index in [9.17, 15) is 4.79 Å². The smallest absolute Gasteiger partial charge is 0.407 e. The van der Waals surface area contributed by atoms with Crippen molar-refractivity contribution in [2.45, 2.75) is 71.4 Å². The highest BCUT2D eigenvalue weighted by Gasteiger charge is 2.32. The van der Waals surface area contributed by atoms with Crippen LogP contribution in [0.3, 0.4) is 0 Å². The predicted molar refractivity (Wildman–Crippen MR) is 108 cm³/mol.